The van der Waals surface area contributed by atoms with Crippen LogP contribution in [0.5, 0.6) is 0 Å². The topological polar surface area (TPSA) is 87.5 Å². The van der Waals surface area contributed by atoms with E-state index in [1.807, 2.05) is 6.07 Å². The van der Waals surface area contributed by atoms with Crippen molar-refractivity contribution >= 4 is 16.0 Å². The van der Waals surface area contributed by atoms with E-state index in [0.29, 0.717) is 12.1 Å². The van der Waals surface area contributed by atoms with Crippen molar-refractivity contribution in [2.45, 2.75) is 57.6 Å². The maximum absolute atomic E-state index is 13.5. The Hall–Kier alpha value is -2.69. The third kappa shape index (κ3) is 4.43. The first-order valence-corrected chi connectivity index (χ1v) is 12.2. The van der Waals surface area contributed by atoms with E-state index in [1.165, 1.54) is 6.07 Å². The Balaban J connectivity index is 1.50. The Morgan fingerprint density at radius 2 is 1.88 bits per heavy atom. The standard InChI is InChI=1S/C25H28N2O4S/c1-24(2)12-21-13-25(3,16-24)17-27(21)32(29,30)22-6-4-5-20(11-22)23(28)31-15-19-9-7-18(14-26)8-10-19/h4-11,21H,12-13,15-17H2,1-3H3/t21-,25+/m0/s1. The van der Waals surface area contributed by atoms with Crippen molar-refractivity contribution in [2.75, 3.05) is 6.54 Å². The Morgan fingerprint density at radius 1 is 1.16 bits per heavy atom. The minimum atomic E-state index is -3.72. The zero-order valence-corrected chi connectivity index (χ0v) is 19.5. The molecule has 2 aromatic rings. The molecular formula is C25H28N2O4S. The van der Waals surface area contributed by atoms with Gasteiger partial charge in [0.1, 0.15) is 6.61 Å². The van der Waals surface area contributed by atoms with Crippen LogP contribution in [-0.2, 0) is 21.4 Å². The third-order valence-electron chi connectivity index (χ3n) is 6.50. The maximum Gasteiger partial charge on any atom is 0.338 e. The first-order valence-electron chi connectivity index (χ1n) is 10.8. The highest BCUT2D eigenvalue weighted by atomic mass is 32.2. The number of hydrogen-bond donors (Lipinski definition) is 0. The summed E-state index contributed by atoms with van der Waals surface area (Å²) in [6, 6.07) is 14.9. The number of fused-ring (bicyclic) bond motifs is 2. The van der Waals surface area contributed by atoms with Gasteiger partial charge in [0.05, 0.1) is 22.1 Å². The van der Waals surface area contributed by atoms with Gasteiger partial charge in [0, 0.05) is 12.6 Å². The molecule has 0 radical (unpaired) electrons. The summed E-state index contributed by atoms with van der Waals surface area (Å²) in [4.78, 5) is 12.7. The molecule has 0 unspecified atom stereocenters. The van der Waals surface area contributed by atoms with Gasteiger partial charge < -0.3 is 4.74 Å². The van der Waals surface area contributed by atoms with E-state index in [1.54, 1.807) is 46.8 Å². The molecule has 168 valence electrons. The number of esters is 1. The van der Waals surface area contributed by atoms with Gasteiger partial charge in [-0.2, -0.15) is 9.57 Å². The summed E-state index contributed by atoms with van der Waals surface area (Å²) in [7, 11) is -3.72. The number of hydrogen-bond acceptors (Lipinski definition) is 5. The maximum atomic E-state index is 13.5. The van der Waals surface area contributed by atoms with Crippen LogP contribution < -0.4 is 0 Å². The number of sulfonamides is 1. The molecule has 2 aliphatic rings. The molecule has 1 heterocycles. The van der Waals surface area contributed by atoms with Crippen molar-refractivity contribution in [1.29, 1.82) is 5.26 Å². The van der Waals surface area contributed by atoms with Crippen molar-refractivity contribution in [3.8, 4) is 6.07 Å². The number of carbonyl (C=O) groups excluding carboxylic acids is 1. The van der Waals surface area contributed by atoms with Crippen molar-refractivity contribution in [3.05, 3.63) is 65.2 Å². The van der Waals surface area contributed by atoms with Gasteiger partial charge in [-0.15, -0.1) is 0 Å². The molecule has 2 bridgehead atoms. The highest BCUT2D eigenvalue weighted by molar-refractivity contribution is 7.89. The second-order valence-corrected chi connectivity index (χ2v) is 12.1. The van der Waals surface area contributed by atoms with Gasteiger partial charge in [0.2, 0.25) is 10.0 Å². The zero-order valence-electron chi connectivity index (χ0n) is 18.7. The fourth-order valence-corrected chi connectivity index (χ4v) is 7.34. The van der Waals surface area contributed by atoms with Crippen LogP contribution in [0.1, 0.15) is 61.5 Å². The fourth-order valence-electron chi connectivity index (χ4n) is 5.52. The summed E-state index contributed by atoms with van der Waals surface area (Å²) in [6.45, 7) is 7.14. The Bertz CT molecular complexity index is 1180. The van der Waals surface area contributed by atoms with E-state index in [2.05, 4.69) is 20.8 Å². The molecule has 2 fully saturated rings. The minimum absolute atomic E-state index is 0.0132. The molecule has 4 rings (SSSR count). The number of nitrogens with zero attached hydrogens (tertiary/aromatic N) is 2. The summed E-state index contributed by atoms with van der Waals surface area (Å²) < 4.78 is 34.0. The summed E-state index contributed by atoms with van der Waals surface area (Å²) >= 11 is 0. The SMILES string of the molecule is CC1(C)C[C@H]2C[C@@](C)(CN2S(=O)(=O)c2cccc(C(=O)OCc3ccc(C#N)cc3)c2)C1. The average molecular weight is 453 g/mol. The van der Waals surface area contributed by atoms with Crippen LogP contribution in [0, 0.1) is 22.2 Å². The van der Waals surface area contributed by atoms with Gasteiger partial charge >= 0.3 is 5.97 Å². The van der Waals surface area contributed by atoms with Crippen molar-refractivity contribution in [1.82, 2.24) is 4.31 Å². The second-order valence-electron chi connectivity index (χ2n) is 10.2. The van der Waals surface area contributed by atoms with Gasteiger partial charge in [0.15, 0.2) is 0 Å². The monoisotopic (exact) mass is 452 g/mol. The van der Waals surface area contributed by atoms with E-state index in [-0.39, 0.29) is 33.9 Å². The molecule has 0 N–H and O–H groups in total. The highest BCUT2D eigenvalue weighted by Crippen LogP contribution is 2.53. The van der Waals surface area contributed by atoms with E-state index in [0.717, 1.165) is 24.8 Å². The van der Waals surface area contributed by atoms with E-state index in [4.69, 9.17) is 10.00 Å². The predicted octanol–water partition coefficient (Wildman–Crippen LogP) is 4.50. The molecule has 1 saturated carbocycles. The molecule has 1 aliphatic carbocycles. The number of benzene rings is 2. The lowest BCUT2D eigenvalue weighted by Gasteiger charge is -2.39. The van der Waals surface area contributed by atoms with E-state index < -0.39 is 16.0 Å². The number of nitriles is 1. The number of rotatable bonds is 5. The van der Waals surface area contributed by atoms with Gasteiger partial charge in [0.25, 0.3) is 0 Å². The van der Waals surface area contributed by atoms with Gasteiger partial charge in [-0.1, -0.05) is 39.0 Å². The van der Waals surface area contributed by atoms with Crippen LogP contribution in [-0.4, -0.2) is 31.3 Å². The molecule has 0 spiro atoms. The van der Waals surface area contributed by atoms with Gasteiger partial charge in [-0.05, 0) is 66.0 Å². The van der Waals surface area contributed by atoms with E-state index in [9.17, 15) is 13.2 Å². The summed E-state index contributed by atoms with van der Waals surface area (Å²) in [5, 5.41) is 8.87. The molecule has 7 heteroatoms. The highest BCUT2D eigenvalue weighted by Gasteiger charge is 2.53. The van der Waals surface area contributed by atoms with Crippen molar-refractivity contribution < 1.29 is 17.9 Å². The molecular weight excluding hydrogens is 424 g/mol. The zero-order chi connectivity index (χ0) is 23.1. The molecule has 0 aromatic heterocycles. The second kappa shape index (κ2) is 8.02. The lowest BCUT2D eigenvalue weighted by Crippen LogP contribution is -2.37. The molecule has 1 aliphatic heterocycles. The molecule has 2 aromatic carbocycles. The lowest BCUT2D eigenvalue weighted by atomic mass is 9.65. The Kier molecular flexibility index (Phi) is 5.64. The predicted molar refractivity (Wildman–Crippen MR) is 120 cm³/mol. The number of ether oxygens (including phenoxy) is 1. The summed E-state index contributed by atoms with van der Waals surface area (Å²) in [6.07, 6.45) is 2.72. The molecule has 6 nitrogen and oxygen atoms in total. The average Bonchev–Trinajstić information content (AvgIpc) is 3.01. The Morgan fingerprint density at radius 3 is 2.56 bits per heavy atom. The largest absolute Gasteiger partial charge is 0.457 e. The van der Waals surface area contributed by atoms with Gasteiger partial charge in [-0.3, -0.25) is 0 Å². The Labute approximate surface area is 189 Å². The number of carbonyl (C=O) groups is 1. The molecule has 2 atom stereocenters. The summed E-state index contributed by atoms with van der Waals surface area (Å²) in [5.41, 5.74) is 1.58. The minimum Gasteiger partial charge on any atom is -0.457 e. The smallest absolute Gasteiger partial charge is 0.338 e. The van der Waals surface area contributed by atoms with Crippen LogP contribution in [0.4, 0.5) is 0 Å². The normalized spacial score (nSPS) is 24.6. The first kappa shape index (κ1) is 22.5. The van der Waals surface area contributed by atoms with Crippen molar-refractivity contribution in [3.63, 3.8) is 0 Å². The first-order chi connectivity index (χ1) is 15.0. The van der Waals surface area contributed by atoms with Crippen LogP contribution in [0.25, 0.3) is 0 Å². The molecule has 1 saturated heterocycles. The third-order valence-corrected chi connectivity index (χ3v) is 8.39. The van der Waals surface area contributed by atoms with Crippen LogP contribution >= 0.6 is 0 Å². The molecule has 32 heavy (non-hydrogen) atoms. The van der Waals surface area contributed by atoms with Crippen LogP contribution in [0.15, 0.2) is 53.4 Å². The van der Waals surface area contributed by atoms with Gasteiger partial charge in [-0.25, -0.2) is 13.2 Å². The van der Waals surface area contributed by atoms with Crippen molar-refractivity contribution in [2.24, 2.45) is 10.8 Å². The van der Waals surface area contributed by atoms with Crippen LogP contribution in [0.2, 0.25) is 0 Å². The lowest BCUT2D eigenvalue weighted by molar-refractivity contribution is 0.0472. The quantitative estimate of drug-likeness (QED) is 0.623. The summed E-state index contributed by atoms with van der Waals surface area (Å²) in [5.74, 6) is -0.584. The van der Waals surface area contributed by atoms with Crippen LogP contribution in [0.3, 0.4) is 0 Å². The van der Waals surface area contributed by atoms with E-state index >= 15 is 0 Å². The fraction of sp³-hybridized carbons (Fsp3) is 0.440. The molecule has 0 amide bonds.